The SMILES string of the molecule is CCCCC[N+](C)(CCS)CCC(O)(C(=O)O)P(=O)(O)O. The van der Waals surface area contributed by atoms with Crippen LogP contribution in [-0.4, -0.2) is 68.2 Å². The van der Waals surface area contributed by atoms with Gasteiger partial charge in [0.25, 0.3) is 5.34 Å². The van der Waals surface area contributed by atoms with Crippen molar-refractivity contribution < 1.29 is 33.8 Å². The minimum atomic E-state index is -5.15. The molecule has 0 saturated carbocycles. The molecule has 9 heteroatoms. The summed E-state index contributed by atoms with van der Waals surface area (Å²) in [4.78, 5) is 29.3. The summed E-state index contributed by atoms with van der Waals surface area (Å²) < 4.78 is 11.7. The molecule has 2 atom stereocenters. The van der Waals surface area contributed by atoms with Crippen LogP contribution in [0.25, 0.3) is 0 Å². The van der Waals surface area contributed by atoms with Gasteiger partial charge in [0.2, 0.25) is 0 Å². The van der Waals surface area contributed by atoms with E-state index in [1.165, 1.54) is 0 Å². The predicted molar refractivity (Wildman–Crippen MR) is 83.4 cm³/mol. The van der Waals surface area contributed by atoms with E-state index < -0.39 is 25.3 Å². The van der Waals surface area contributed by atoms with Crippen LogP contribution < -0.4 is 0 Å². The van der Waals surface area contributed by atoms with Crippen LogP contribution in [0.5, 0.6) is 0 Å². The lowest BCUT2D eigenvalue weighted by molar-refractivity contribution is -0.908. The van der Waals surface area contributed by atoms with Crippen molar-refractivity contribution >= 4 is 26.2 Å². The van der Waals surface area contributed by atoms with E-state index in [1.54, 1.807) is 0 Å². The Labute approximate surface area is 131 Å². The molecule has 0 amide bonds. The van der Waals surface area contributed by atoms with Crippen molar-refractivity contribution in [2.24, 2.45) is 0 Å². The second-order valence-electron chi connectivity index (χ2n) is 5.64. The fourth-order valence-electron chi connectivity index (χ4n) is 2.12. The van der Waals surface area contributed by atoms with E-state index in [9.17, 15) is 14.5 Å². The molecule has 21 heavy (non-hydrogen) atoms. The number of unbranched alkanes of at least 4 members (excludes halogenated alkanes) is 2. The van der Waals surface area contributed by atoms with E-state index in [-0.39, 0.29) is 6.54 Å². The number of aliphatic hydroxyl groups is 1. The highest BCUT2D eigenvalue weighted by molar-refractivity contribution is 7.80. The van der Waals surface area contributed by atoms with Gasteiger partial charge in [-0.05, 0) is 12.8 Å². The summed E-state index contributed by atoms with van der Waals surface area (Å²) in [6.45, 7) is 3.63. The maximum absolute atomic E-state index is 11.3. The molecule has 2 unspecified atom stereocenters. The van der Waals surface area contributed by atoms with E-state index in [0.717, 1.165) is 25.8 Å². The maximum Gasteiger partial charge on any atom is 0.368 e. The van der Waals surface area contributed by atoms with Gasteiger partial charge in [-0.2, -0.15) is 12.6 Å². The first-order valence-electron chi connectivity index (χ1n) is 6.98. The largest absolute Gasteiger partial charge is 0.479 e. The van der Waals surface area contributed by atoms with Crippen LogP contribution in [0, 0.1) is 0 Å². The van der Waals surface area contributed by atoms with Crippen LogP contribution in [0.1, 0.15) is 32.6 Å². The van der Waals surface area contributed by atoms with Crippen LogP contribution in [0.15, 0.2) is 0 Å². The standard InChI is InChI=1S/C12H26NO6PS/c1-3-4-5-7-13(2,9-10-21)8-6-12(16,11(14)15)20(17,18)19/h16H,3-10H2,1-2H3,(H3-,14,15,17,18,19,21)/p+1. The normalized spacial score (nSPS) is 18.0. The summed E-state index contributed by atoms with van der Waals surface area (Å²) in [6.07, 6.45) is 2.51. The molecule has 126 valence electrons. The van der Waals surface area contributed by atoms with Gasteiger partial charge in [0.05, 0.1) is 26.7 Å². The van der Waals surface area contributed by atoms with Crippen molar-refractivity contribution in [1.29, 1.82) is 0 Å². The third kappa shape index (κ3) is 6.26. The topological polar surface area (TPSA) is 115 Å². The summed E-state index contributed by atoms with van der Waals surface area (Å²) in [5.74, 6) is -1.31. The second-order valence-corrected chi connectivity index (χ2v) is 7.91. The number of carbonyl (C=O) groups is 1. The van der Waals surface area contributed by atoms with Crippen molar-refractivity contribution in [3.8, 4) is 0 Å². The molecule has 0 fully saturated rings. The Kier molecular flexibility index (Phi) is 8.46. The third-order valence-electron chi connectivity index (χ3n) is 3.77. The van der Waals surface area contributed by atoms with Crippen LogP contribution in [-0.2, 0) is 9.36 Å². The fourth-order valence-corrected chi connectivity index (χ4v) is 3.25. The summed E-state index contributed by atoms with van der Waals surface area (Å²) >= 11 is 4.17. The van der Waals surface area contributed by atoms with Gasteiger partial charge in [0.1, 0.15) is 0 Å². The molecule has 0 aliphatic carbocycles. The number of thiol groups is 1. The summed E-state index contributed by atoms with van der Waals surface area (Å²) in [5.41, 5.74) is 0. The lowest BCUT2D eigenvalue weighted by Gasteiger charge is -2.36. The molecule has 0 heterocycles. The van der Waals surface area contributed by atoms with E-state index in [4.69, 9.17) is 14.9 Å². The Hall–Kier alpha value is -0.110. The number of hydrogen-bond acceptors (Lipinski definition) is 4. The highest BCUT2D eigenvalue weighted by Gasteiger charge is 2.53. The highest BCUT2D eigenvalue weighted by atomic mass is 32.1. The molecular formula is C12H27NO6PS+. The average Bonchev–Trinajstić information content (AvgIpc) is 2.35. The van der Waals surface area contributed by atoms with Gasteiger partial charge < -0.3 is 24.5 Å². The molecule has 0 bridgehead atoms. The lowest BCUT2D eigenvalue weighted by atomic mass is 10.1. The first-order chi connectivity index (χ1) is 9.52. The second kappa shape index (κ2) is 8.50. The molecule has 0 radical (unpaired) electrons. The molecule has 0 saturated heterocycles. The van der Waals surface area contributed by atoms with Crippen LogP contribution in [0.2, 0.25) is 0 Å². The van der Waals surface area contributed by atoms with Gasteiger partial charge >= 0.3 is 13.6 Å². The Morgan fingerprint density at radius 1 is 1.24 bits per heavy atom. The van der Waals surface area contributed by atoms with Crippen molar-refractivity contribution in [3.05, 3.63) is 0 Å². The molecule has 0 aromatic rings. The molecule has 0 aliphatic rings. The Bertz CT molecular complexity index is 390. The minimum absolute atomic E-state index is 0.165. The molecule has 7 nitrogen and oxygen atoms in total. The van der Waals surface area contributed by atoms with Crippen molar-refractivity contribution in [1.82, 2.24) is 0 Å². The molecule has 0 rings (SSSR count). The van der Waals surface area contributed by atoms with Gasteiger partial charge in [0, 0.05) is 12.2 Å². The molecular weight excluding hydrogens is 317 g/mol. The number of quaternary nitrogens is 1. The summed E-state index contributed by atoms with van der Waals surface area (Å²) in [5, 5.41) is 15.8. The van der Waals surface area contributed by atoms with E-state index >= 15 is 0 Å². The zero-order chi connectivity index (χ0) is 16.7. The third-order valence-corrected chi connectivity index (χ3v) is 5.34. The van der Waals surface area contributed by atoms with Crippen molar-refractivity contribution in [3.63, 3.8) is 0 Å². The zero-order valence-electron chi connectivity index (χ0n) is 12.6. The lowest BCUT2D eigenvalue weighted by Crippen LogP contribution is -2.51. The average molecular weight is 344 g/mol. The molecule has 4 N–H and O–H groups in total. The smallest absolute Gasteiger partial charge is 0.368 e. The monoisotopic (exact) mass is 344 g/mol. The van der Waals surface area contributed by atoms with Crippen molar-refractivity contribution in [2.45, 2.75) is 37.9 Å². The maximum atomic E-state index is 11.3. The number of aliphatic carboxylic acids is 1. The number of hydrogen-bond donors (Lipinski definition) is 5. The van der Waals surface area contributed by atoms with E-state index in [2.05, 4.69) is 19.6 Å². The van der Waals surface area contributed by atoms with Crippen LogP contribution in [0.4, 0.5) is 0 Å². The Morgan fingerprint density at radius 3 is 2.19 bits per heavy atom. The van der Waals surface area contributed by atoms with Crippen LogP contribution >= 0.6 is 20.2 Å². The highest BCUT2D eigenvalue weighted by Crippen LogP contribution is 2.51. The predicted octanol–water partition coefficient (Wildman–Crippen LogP) is 0.894. The number of rotatable bonds is 11. The van der Waals surface area contributed by atoms with Gasteiger partial charge in [-0.3, -0.25) is 4.57 Å². The van der Waals surface area contributed by atoms with E-state index in [0.29, 0.717) is 16.8 Å². The number of nitrogens with zero attached hydrogens (tertiary/aromatic N) is 1. The molecule has 0 aliphatic heterocycles. The number of carboxylic acid groups (broad SMARTS) is 1. The first-order valence-corrected chi connectivity index (χ1v) is 9.23. The van der Waals surface area contributed by atoms with Gasteiger partial charge in [-0.25, -0.2) is 4.79 Å². The summed E-state index contributed by atoms with van der Waals surface area (Å²) in [6, 6.07) is 0. The van der Waals surface area contributed by atoms with Gasteiger partial charge in [-0.1, -0.05) is 13.3 Å². The zero-order valence-corrected chi connectivity index (χ0v) is 14.4. The summed E-state index contributed by atoms with van der Waals surface area (Å²) in [7, 11) is -3.27. The fraction of sp³-hybridized carbons (Fsp3) is 0.917. The quantitative estimate of drug-likeness (QED) is 0.165. The molecule has 0 spiro atoms. The van der Waals surface area contributed by atoms with Gasteiger partial charge in [-0.15, -0.1) is 0 Å². The Morgan fingerprint density at radius 2 is 1.81 bits per heavy atom. The number of carboxylic acids is 1. The Balaban J connectivity index is 4.93. The minimum Gasteiger partial charge on any atom is -0.479 e. The van der Waals surface area contributed by atoms with Crippen molar-refractivity contribution in [2.75, 3.05) is 32.4 Å². The van der Waals surface area contributed by atoms with Gasteiger partial charge in [0.15, 0.2) is 0 Å². The molecule has 0 aromatic carbocycles. The van der Waals surface area contributed by atoms with E-state index in [1.807, 2.05) is 7.05 Å². The van der Waals surface area contributed by atoms with Crippen LogP contribution in [0.3, 0.4) is 0 Å². The first kappa shape index (κ1) is 20.9. The molecule has 0 aromatic heterocycles.